The zero-order valence-corrected chi connectivity index (χ0v) is 22.6. The maximum Gasteiger partial charge on any atom is 0.255 e. The van der Waals surface area contributed by atoms with Gasteiger partial charge < -0.3 is 24.5 Å². The van der Waals surface area contributed by atoms with Crippen molar-refractivity contribution < 1.29 is 18.7 Å². The molecule has 0 saturated heterocycles. The van der Waals surface area contributed by atoms with Crippen molar-refractivity contribution in [2.75, 3.05) is 17.2 Å². The summed E-state index contributed by atoms with van der Waals surface area (Å²) in [6, 6.07) is 22.1. The van der Waals surface area contributed by atoms with Crippen molar-refractivity contribution in [1.29, 1.82) is 0 Å². The Bertz CT molecular complexity index is 1680. The largest absolute Gasteiger partial charge is 0.490 e. The van der Waals surface area contributed by atoms with E-state index in [1.54, 1.807) is 47.6 Å². The average molecular weight is 549 g/mol. The molecule has 0 spiro atoms. The third-order valence-corrected chi connectivity index (χ3v) is 6.58. The maximum atomic E-state index is 13.8. The van der Waals surface area contributed by atoms with E-state index in [2.05, 4.69) is 20.6 Å². The Morgan fingerprint density at radius 1 is 1.05 bits per heavy atom. The second-order valence-electron chi connectivity index (χ2n) is 9.36. The first kappa shape index (κ1) is 25.9. The van der Waals surface area contributed by atoms with Crippen LogP contribution in [0.15, 0.2) is 107 Å². The van der Waals surface area contributed by atoms with Gasteiger partial charge in [0.2, 0.25) is 11.8 Å². The van der Waals surface area contributed by atoms with Crippen LogP contribution in [-0.4, -0.2) is 32.3 Å². The molecule has 10 heteroatoms. The summed E-state index contributed by atoms with van der Waals surface area (Å²) in [4.78, 5) is 22.5. The van der Waals surface area contributed by atoms with Crippen molar-refractivity contribution in [3.8, 4) is 23.1 Å². The number of hydrogen-bond donors (Lipinski definition) is 2. The van der Waals surface area contributed by atoms with Gasteiger partial charge >= 0.3 is 0 Å². The number of furan rings is 1. The highest BCUT2D eigenvalue weighted by Gasteiger charge is 2.35. The number of nitrogens with one attached hydrogen (secondary N) is 2. The van der Waals surface area contributed by atoms with E-state index in [-0.39, 0.29) is 5.91 Å². The highest BCUT2D eigenvalue weighted by Crippen LogP contribution is 2.40. The number of amides is 1. The lowest BCUT2D eigenvalue weighted by molar-refractivity contribution is -0.113. The summed E-state index contributed by atoms with van der Waals surface area (Å²) in [6.45, 7) is 4.60. The van der Waals surface area contributed by atoms with Crippen LogP contribution in [0.25, 0.3) is 11.6 Å². The molecule has 0 saturated carbocycles. The smallest absolute Gasteiger partial charge is 0.255 e. The van der Waals surface area contributed by atoms with Crippen molar-refractivity contribution in [2.45, 2.75) is 26.5 Å². The number of carbonyl (C=O) groups is 1. The number of carbonyl (C=O) groups excluding carboxylic acids is 1. The van der Waals surface area contributed by atoms with Crippen molar-refractivity contribution in [2.24, 2.45) is 0 Å². The molecule has 0 bridgehead atoms. The minimum absolute atomic E-state index is 0.295. The van der Waals surface area contributed by atoms with Gasteiger partial charge in [-0.2, -0.15) is 4.98 Å². The van der Waals surface area contributed by atoms with Gasteiger partial charge in [0.15, 0.2) is 17.3 Å². The number of benzene rings is 2. The molecule has 3 aromatic heterocycles. The van der Waals surface area contributed by atoms with Crippen LogP contribution in [0.3, 0.4) is 0 Å². The lowest BCUT2D eigenvalue weighted by Crippen LogP contribution is -2.31. The van der Waals surface area contributed by atoms with Crippen molar-refractivity contribution in [3.05, 3.63) is 114 Å². The second kappa shape index (κ2) is 11.4. The molecule has 1 unspecified atom stereocenters. The van der Waals surface area contributed by atoms with E-state index in [1.165, 1.54) is 0 Å². The highest BCUT2D eigenvalue weighted by molar-refractivity contribution is 6.06. The molecule has 1 atom stereocenters. The van der Waals surface area contributed by atoms with E-state index in [0.717, 1.165) is 11.1 Å². The van der Waals surface area contributed by atoms with Gasteiger partial charge in [-0.3, -0.25) is 9.78 Å². The molecule has 0 fully saturated rings. The van der Waals surface area contributed by atoms with E-state index in [9.17, 15) is 4.79 Å². The molecular formula is C31H28N6O4. The molecule has 10 nitrogen and oxygen atoms in total. The molecule has 2 aromatic carbocycles. The maximum absolute atomic E-state index is 13.8. The fraction of sp³-hybridized carbons (Fsp3) is 0.161. The number of ether oxygens (including phenoxy) is 2. The molecule has 0 radical (unpaired) electrons. The quantitative estimate of drug-likeness (QED) is 0.236. The van der Waals surface area contributed by atoms with Gasteiger partial charge in [-0.1, -0.05) is 36.4 Å². The first-order valence-corrected chi connectivity index (χ1v) is 13.2. The lowest BCUT2D eigenvalue weighted by atomic mass is 9.94. The Morgan fingerprint density at radius 3 is 2.68 bits per heavy atom. The minimum Gasteiger partial charge on any atom is -0.490 e. The predicted molar refractivity (Wildman–Crippen MR) is 153 cm³/mol. The number of pyridine rings is 1. The Kier molecular flexibility index (Phi) is 7.19. The van der Waals surface area contributed by atoms with Gasteiger partial charge in [0.05, 0.1) is 30.3 Å². The summed E-state index contributed by atoms with van der Waals surface area (Å²) in [5, 5.41) is 11.0. The molecule has 5 aromatic rings. The fourth-order valence-electron chi connectivity index (χ4n) is 4.72. The van der Waals surface area contributed by atoms with Gasteiger partial charge in [-0.15, -0.1) is 5.10 Å². The van der Waals surface area contributed by atoms with Gasteiger partial charge in [-0.25, -0.2) is 4.68 Å². The van der Waals surface area contributed by atoms with Crippen LogP contribution < -0.4 is 20.1 Å². The fourth-order valence-corrected chi connectivity index (χ4v) is 4.72. The number of fused-ring (bicyclic) bond motifs is 1. The third-order valence-electron chi connectivity index (χ3n) is 6.58. The van der Waals surface area contributed by atoms with Gasteiger partial charge in [-0.05, 0) is 61.4 Å². The number of anilines is 2. The molecule has 6 rings (SSSR count). The zero-order valence-electron chi connectivity index (χ0n) is 22.6. The van der Waals surface area contributed by atoms with Gasteiger partial charge in [0.25, 0.3) is 5.91 Å². The van der Waals surface area contributed by atoms with Crippen LogP contribution in [0.2, 0.25) is 0 Å². The number of rotatable bonds is 9. The van der Waals surface area contributed by atoms with E-state index >= 15 is 0 Å². The Balaban J connectivity index is 1.41. The molecule has 206 valence electrons. The first-order chi connectivity index (χ1) is 20.1. The van der Waals surface area contributed by atoms with Crippen molar-refractivity contribution in [3.63, 3.8) is 0 Å². The van der Waals surface area contributed by atoms with Gasteiger partial charge in [0, 0.05) is 11.9 Å². The lowest BCUT2D eigenvalue weighted by Gasteiger charge is -2.29. The average Bonchev–Trinajstić information content (AvgIpc) is 3.67. The first-order valence-electron chi connectivity index (χ1n) is 13.2. The monoisotopic (exact) mass is 548 g/mol. The van der Waals surface area contributed by atoms with Crippen LogP contribution >= 0.6 is 0 Å². The topological polar surface area (TPSA) is 116 Å². The summed E-state index contributed by atoms with van der Waals surface area (Å²) in [7, 11) is 0. The summed E-state index contributed by atoms with van der Waals surface area (Å²) in [5.41, 5.74) is 3.51. The van der Waals surface area contributed by atoms with Crippen LogP contribution in [-0.2, 0) is 11.4 Å². The molecule has 1 aliphatic heterocycles. The number of nitrogens with zero attached hydrogens (tertiary/aromatic N) is 4. The molecule has 0 aliphatic carbocycles. The van der Waals surface area contributed by atoms with Crippen LogP contribution in [0.1, 0.15) is 31.0 Å². The number of aromatic nitrogens is 4. The molecule has 2 N–H and O–H groups in total. The van der Waals surface area contributed by atoms with Crippen molar-refractivity contribution in [1.82, 2.24) is 19.7 Å². The van der Waals surface area contributed by atoms with Crippen LogP contribution in [0.4, 0.5) is 11.6 Å². The molecule has 41 heavy (non-hydrogen) atoms. The Morgan fingerprint density at radius 2 is 1.93 bits per heavy atom. The van der Waals surface area contributed by atoms with E-state index in [4.69, 9.17) is 19.0 Å². The summed E-state index contributed by atoms with van der Waals surface area (Å²) < 4.78 is 19.4. The van der Waals surface area contributed by atoms with Crippen LogP contribution in [0, 0.1) is 0 Å². The van der Waals surface area contributed by atoms with E-state index in [1.807, 2.05) is 62.4 Å². The minimum atomic E-state index is -0.624. The van der Waals surface area contributed by atoms with E-state index < -0.39 is 6.04 Å². The third kappa shape index (κ3) is 5.40. The van der Waals surface area contributed by atoms with Gasteiger partial charge in [0.1, 0.15) is 12.6 Å². The van der Waals surface area contributed by atoms with E-state index in [0.29, 0.717) is 59.2 Å². The Hall–Kier alpha value is -5.38. The summed E-state index contributed by atoms with van der Waals surface area (Å²) in [6.07, 6.45) is 4.82. The number of hydrogen-bond acceptors (Lipinski definition) is 8. The summed E-state index contributed by atoms with van der Waals surface area (Å²) in [5.74, 6) is 2.28. The molecule has 4 heterocycles. The normalized spacial score (nSPS) is 14.2. The SMILES string of the molecule is CCOc1cc(C2C(C(=O)Nc3cccnc3)=C(C)Nc3nc(-c4ccco4)nn32)ccc1OCc1ccccc1. The number of allylic oxidation sites excluding steroid dienone is 1. The Labute approximate surface area is 236 Å². The van der Waals surface area contributed by atoms with Crippen molar-refractivity contribution >= 4 is 17.5 Å². The standard InChI is InChI=1S/C31H28N6O4/c1-3-39-26-17-22(13-14-24(26)41-19-21-9-5-4-6-10-21)28-27(30(38)34-23-11-7-15-32-18-23)20(2)33-31-35-29(36-37(28)31)25-12-8-16-40-25/h4-18,28H,3,19H2,1-2H3,(H,34,38)(H,33,35,36). The zero-order chi connectivity index (χ0) is 28.2. The predicted octanol–water partition coefficient (Wildman–Crippen LogP) is 5.84. The molecule has 1 aliphatic rings. The molecular weight excluding hydrogens is 520 g/mol. The molecule has 1 amide bonds. The second-order valence-corrected chi connectivity index (χ2v) is 9.36. The summed E-state index contributed by atoms with van der Waals surface area (Å²) >= 11 is 0. The van der Waals surface area contributed by atoms with Crippen LogP contribution in [0.5, 0.6) is 11.5 Å². The highest BCUT2D eigenvalue weighted by atomic mass is 16.5.